The fraction of sp³-hybridized carbons (Fsp3) is 0.579. The number of carbonyl (C=O) groups is 2. The molecule has 2 bridgehead atoms. The monoisotopic (exact) mass is 297 g/mol. The molecule has 3 heteroatoms. The van der Waals surface area contributed by atoms with Gasteiger partial charge < -0.3 is 5.32 Å². The summed E-state index contributed by atoms with van der Waals surface area (Å²) in [7, 11) is 0. The molecule has 2 fully saturated rings. The van der Waals surface area contributed by atoms with Gasteiger partial charge in [0.15, 0.2) is 0 Å². The molecule has 4 atom stereocenters. The van der Waals surface area contributed by atoms with Gasteiger partial charge in [-0.3, -0.25) is 9.59 Å². The van der Waals surface area contributed by atoms with Crippen molar-refractivity contribution in [2.75, 3.05) is 0 Å². The molecule has 1 unspecified atom stereocenters. The first-order chi connectivity index (χ1) is 10.7. The Morgan fingerprint density at radius 2 is 1.77 bits per heavy atom. The minimum atomic E-state index is 0.0424. The van der Waals surface area contributed by atoms with Gasteiger partial charge in [-0.25, -0.2) is 0 Å². The van der Waals surface area contributed by atoms with Crippen LogP contribution in [0.5, 0.6) is 0 Å². The minimum Gasteiger partial charge on any atom is -0.349 e. The Balaban J connectivity index is 1.44. The maximum Gasteiger partial charge on any atom is 0.223 e. The lowest BCUT2D eigenvalue weighted by Crippen LogP contribution is -2.43. The highest BCUT2D eigenvalue weighted by Crippen LogP contribution is 2.40. The van der Waals surface area contributed by atoms with Crippen LogP contribution < -0.4 is 5.32 Å². The number of fused-ring (bicyclic) bond motifs is 3. The summed E-state index contributed by atoms with van der Waals surface area (Å²) in [6.07, 6.45) is 6.74. The zero-order valence-electron chi connectivity index (χ0n) is 12.9. The second-order valence-electron chi connectivity index (χ2n) is 7.19. The number of ketones is 1. The molecule has 3 nitrogen and oxygen atoms in total. The van der Waals surface area contributed by atoms with Gasteiger partial charge in [0.25, 0.3) is 0 Å². The van der Waals surface area contributed by atoms with Crippen molar-refractivity contribution in [2.45, 2.75) is 51.0 Å². The molecule has 0 heterocycles. The van der Waals surface area contributed by atoms with Gasteiger partial charge in [0.1, 0.15) is 5.78 Å². The maximum atomic E-state index is 12.7. The molecule has 22 heavy (non-hydrogen) atoms. The van der Waals surface area contributed by atoms with Crippen molar-refractivity contribution in [3.8, 4) is 0 Å². The summed E-state index contributed by atoms with van der Waals surface area (Å²) in [6.45, 7) is 0. The summed E-state index contributed by atoms with van der Waals surface area (Å²) in [5.41, 5.74) is 2.64. The van der Waals surface area contributed by atoms with E-state index in [-0.39, 0.29) is 29.7 Å². The lowest BCUT2D eigenvalue weighted by Gasteiger charge is -2.37. The molecule has 4 rings (SSSR count). The highest BCUT2D eigenvalue weighted by molar-refractivity contribution is 5.88. The van der Waals surface area contributed by atoms with Crippen LogP contribution >= 0.6 is 0 Å². The van der Waals surface area contributed by atoms with Crippen molar-refractivity contribution in [3.63, 3.8) is 0 Å². The number of hydrogen-bond acceptors (Lipinski definition) is 2. The minimum absolute atomic E-state index is 0.0424. The number of aryl methyl sites for hydroxylation is 1. The zero-order chi connectivity index (χ0) is 15.1. The maximum absolute atomic E-state index is 12.7. The molecule has 1 amide bonds. The Morgan fingerprint density at radius 1 is 1.05 bits per heavy atom. The van der Waals surface area contributed by atoms with Crippen LogP contribution in [0.25, 0.3) is 0 Å². The molecule has 3 aliphatic rings. The predicted molar refractivity (Wildman–Crippen MR) is 84.2 cm³/mol. The summed E-state index contributed by atoms with van der Waals surface area (Å²) < 4.78 is 0. The van der Waals surface area contributed by atoms with Gasteiger partial charge in [-0.1, -0.05) is 30.7 Å². The topological polar surface area (TPSA) is 46.2 Å². The van der Waals surface area contributed by atoms with E-state index in [2.05, 4.69) is 23.5 Å². The largest absolute Gasteiger partial charge is 0.349 e. The van der Waals surface area contributed by atoms with Gasteiger partial charge in [0, 0.05) is 17.8 Å². The van der Waals surface area contributed by atoms with Gasteiger partial charge in [-0.15, -0.1) is 0 Å². The van der Waals surface area contributed by atoms with E-state index in [9.17, 15) is 9.59 Å². The van der Waals surface area contributed by atoms with Gasteiger partial charge in [0.05, 0.1) is 6.04 Å². The Hall–Kier alpha value is -1.64. The Bertz CT molecular complexity index is 593. The highest BCUT2D eigenvalue weighted by Gasteiger charge is 2.41. The third kappa shape index (κ3) is 2.37. The molecule has 1 N–H and O–H groups in total. The van der Waals surface area contributed by atoms with Gasteiger partial charge in [-0.05, 0) is 49.7 Å². The lowest BCUT2D eigenvalue weighted by atomic mass is 9.67. The van der Waals surface area contributed by atoms with Crippen molar-refractivity contribution in [2.24, 2.45) is 17.8 Å². The van der Waals surface area contributed by atoms with Crippen LogP contribution in [0, 0.1) is 17.8 Å². The number of benzene rings is 1. The first-order valence-electron chi connectivity index (χ1n) is 8.64. The second-order valence-corrected chi connectivity index (χ2v) is 7.19. The summed E-state index contributed by atoms with van der Waals surface area (Å²) >= 11 is 0. The smallest absolute Gasteiger partial charge is 0.223 e. The Kier molecular flexibility index (Phi) is 3.51. The Labute approximate surface area is 131 Å². The lowest BCUT2D eigenvalue weighted by molar-refractivity contribution is -0.137. The average Bonchev–Trinajstić information content (AvgIpc) is 2.90. The second kappa shape index (κ2) is 5.53. The van der Waals surface area contributed by atoms with E-state index in [1.165, 1.54) is 11.1 Å². The third-order valence-corrected chi connectivity index (χ3v) is 5.87. The molecule has 0 saturated heterocycles. The fourth-order valence-electron chi connectivity index (χ4n) is 4.69. The molecule has 0 radical (unpaired) electrons. The first kappa shape index (κ1) is 14.0. The number of rotatable bonds is 2. The third-order valence-electron chi connectivity index (χ3n) is 5.87. The number of hydrogen-bond donors (Lipinski definition) is 1. The molecule has 0 aromatic heterocycles. The molecule has 116 valence electrons. The van der Waals surface area contributed by atoms with Crippen LogP contribution in [-0.4, -0.2) is 11.7 Å². The molecular weight excluding hydrogens is 274 g/mol. The zero-order valence-corrected chi connectivity index (χ0v) is 12.9. The van der Waals surface area contributed by atoms with E-state index < -0.39 is 0 Å². The van der Waals surface area contributed by atoms with E-state index >= 15 is 0 Å². The van der Waals surface area contributed by atoms with Crippen LogP contribution in [0.1, 0.15) is 55.7 Å². The molecule has 1 aromatic carbocycles. The number of nitrogens with one attached hydrogen (secondary N) is 1. The number of amides is 1. The standard InChI is InChI=1S/C19H23NO2/c21-18-13-5-3-6-14(18)11-15(10-13)19(22)20-17-9-8-12-4-1-2-7-16(12)17/h1-2,4,7,13-15,17H,3,5-6,8-11H2,(H,20,22)/t13-,14+,15?,17-/m1/s1. The van der Waals surface area contributed by atoms with E-state index in [4.69, 9.17) is 0 Å². The van der Waals surface area contributed by atoms with Crippen molar-refractivity contribution in [1.29, 1.82) is 0 Å². The van der Waals surface area contributed by atoms with Crippen LogP contribution in [0.15, 0.2) is 24.3 Å². The first-order valence-corrected chi connectivity index (χ1v) is 8.64. The number of Topliss-reactive ketones (excluding diaryl/α,β-unsaturated/α-hetero) is 1. The molecule has 0 aliphatic heterocycles. The van der Waals surface area contributed by atoms with Gasteiger partial charge in [-0.2, -0.15) is 0 Å². The van der Waals surface area contributed by atoms with Crippen molar-refractivity contribution >= 4 is 11.7 Å². The molecule has 2 saturated carbocycles. The summed E-state index contributed by atoms with van der Waals surface area (Å²) in [5, 5.41) is 3.26. The molecule has 3 aliphatic carbocycles. The van der Waals surface area contributed by atoms with E-state index in [0.29, 0.717) is 5.78 Å². The summed E-state index contributed by atoms with van der Waals surface area (Å²) in [4.78, 5) is 24.8. The molecule has 0 spiro atoms. The predicted octanol–water partition coefficient (Wildman–Crippen LogP) is 3.19. The van der Waals surface area contributed by atoms with Crippen molar-refractivity contribution in [3.05, 3.63) is 35.4 Å². The molecule has 1 aromatic rings. The number of carbonyl (C=O) groups excluding carboxylic acids is 2. The van der Waals surface area contributed by atoms with Gasteiger partial charge in [0.2, 0.25) is 5.91 Å². The van der Waals surface area contributed by atoms with Gasteiger partial charge >= 0.3 is 0 Å². The fourth-order valence-corrected chi connectivity index (χ4v) is 4.69. The average molecular weight is 297 g/mol. The van der Waals surface area contributed by atoms with Crippen LogP contribution in [-0.2, 0) is 16.0 Å². The van der Waals surface area contributed by atoms with Crippen molar-refractivity contribution < 1.29 is 9.59 Å². The quantitative estimate of drug-likeness (QED) is 0.911. The molecular formula is C19H23NO2. The SMILES string of the molecule is O=C(N[C@@H]1CCc2ccccc21)C1C[C@H]2CCC[C@@H](C1)C2=O. The van der Waals surface area contributed by atoms with Crippen LogP contribution in [0.4, 0.5) is 0 Å². The Morgan fingerprint density at radius 3 is 2.55 bits per heavy atom. The van der Waals surface area contributed by atoms with Crippen molar-refractivity contribution in [1.82, 2.24) is 5.32 Å². The van der Waals surface area contributed by atoms with E-state index in [0.717, 1.165) is 44.9 Å². The van der Waals surface area contributed by atoms with Crippen LogP contribution in [0.3, 0.4) is 0 Å². The summed E-state index contributed by atoms with van der Waals surface area (Å²) in [5.74, 6) is 0.951. The normalized spacial score (nSPS) is 33.4. The highest BCUT2D eigenvalue weighted by atomic mass is 16.2. The van der Waals surface area contributed by atoms with E-state index in [1.807, 2.05) is 6.07 Å². The van der Waals surface area contributed by atoms with Crippen LogP contribution in [0.2, 0.25) is 0 Å². The summed E-state index contributed by atoms with van der Waals surface area (Å²) in [6, 6.07) is 8.57. The van der Waals surface area contributed by atoms with E-state index in [1.54, 1.807) is 0 Å².